The average Bonchev–Trinajstić information content (AvgIpc) is 2.84. The van der Waals surface area contributed by atoms with Crippen molar-refractivity contribution in [2.24, 2.45) is 5.92 Å². The first kappa shape index (κ1) is 22.7. The van der Waals surface area contributed by atoms with E-state index in [2.05, 4.69) is 57.2 Å². The van der Waals surface area contributed by atoms with E-state index in [-0.39, 0.29) is 0 Å². The van der Waals surface area contributed by atoms with Crippen molar-refractivity contribution in [1.82, 2.24) is 9.80 Å². The summed E-state index contributed by atoms with van der Waals surface area (Å²) in [6.07, 6.45) is 4.06. The molecule has 2 aromatic rings. The predicted octanol–water partition coefficient (Wildman–Crippen LogP) is 4.08. The Morgan fingerprint density at radius 3 is 2.50 bits per heavy atom. The van der Waals surface area contributed by atoms with Crippen LogP contribution < -0.4 is 9.64 Å². The SMILES string of the molecule is CCOc1ccccc1N1CCN(CCC(=O)N2CCCC(Cc3ccccc3)C2)CC1. The Morgan fingerprint density at radius 1 is 0.969 bits per heavy atom. The number of para-hydroxylation sites is 2. The van der Waals surface area contributed by atoms with Crippen LogP contribution in [0.4, 0.5) is 5.69 Å². The molecular formula is C27H37N3O2. The van der Waals surface area contributed by atoms with Crippen LogP contribution in [0.15, 0.2) is 54.6 Å². The number of piperidine rings is 1. The van der Waals surface area contributed by atoms with Crippen molar-refractivity contribution in [3.63, 3.8) is 0 Å². The van der Waals surface area contributed by atoms with Crippen molar-refractivity contribution in [2.45, 2.75) is 32.6 Å². The summed E-state index contributed by atoms with van der Waals surface area (Å²) in [5.74, 6) is 1.88. The van der Waals surface area contributed by atoms with E-state index in [0.717, 1.165) is 64.4 Å². The third kappa shape index (κ3) is 6.04. The van der Waals surface area contributed by atoms with Crippen LogP contribution in [0.3, 0.4) is 0 Å². The van der Waals surface area contributed by atoms with E-state index in [1.165, 1.54) is 17.7 Å². The molecule has 0 radical (unpaired) electrons. The molecule has 2 fully saturated rings. The number of rotatable bonds is 8. The van der Waals surface area contributed by atoms with E-state index >= 15 is 0 Å². The quantitative estimate of drug-likeness (QED) is 0.626. The lowest BCUT2D eigenvalue weighted by atomic mass is 9.91. The average molecular weight is 436 g/mol. The molecule has 5 nitrogen and oxygen atoms in total. The first-order valence-electron chi connectivity index (χ1n) is 12.2. The maximum Gasteiger partial charge on any atom is 0.223 e. The highest BCUT2D eigenvalue weighted by molar-refractivity contribution is 5.76. The third-order valence-electron chi connectivity index (χ3n) is 6.76. The minimum Gasteiger partial charge on any atom is -0.492 e. The number of ether oxygens (including phenoxy) is 1. The largest absolute Gasteiger partial charge is 0.492 e. The highest BCUT2D eigenvalue weighted by Gasteiger charge is 2.25. The van der Waals surface area contributed by atoms with Crippen LogP contribution in [0.2, 0.25) is 0 Å². The fourth-order valence-corrected chi connectivity index (χ4v) is 5.03. The van der Waals surface area contributed by atoms with Gasteiger partial charge in [-0.05, 0) is 49.8 Å². The molecule has 0 bridgehead atoms. The van der Waals surface area contributed by atoms with E-state index in [1.54, 1.807) is 0 Å². The molecule has 0 spiro atoms. The molecule has 2 aliphatic heterocycles. The summed E-state index contributed by atoms with van der Waals surface area (Å²) in [7, 11) is 0. The summed E-state index contributed by atoms with van der Waals surface area (Å²) < 4.78 is 5.80. The van der Waals surface area contributed by atoms with Gasteiger partial charge in [0.25, 0.3) is 0 Å². The Bertz CT molecular complexity index is 849. The fraction of sp³-hybridized carbons (Fsp3) is 0.519. The van der Waals surface area contributed by atoms with Gasteiger partial charge >= 0.3 is 0 Å². The summed E-state index contributed by atoms with van der Waals surface area (Å²) in [4.78, 5) is 19.9. The van der Waals surface area contributed by atoms with E-state index in [9.17, 15) is 4.79 Å². The number of amides is 1. The number of piperazine rings is 1. The Kier molecular flexibility index (Phi) is 8.05. The second kappa shape index (κ2) is 11.4. The number of carbonyl (C=O) groups excluding carboxylic acids is 1. The molecule has 1 unspecified atom stereocenters. The van der Waals surface area contributed by atoms with Crippen LogP contribution in [-0.4, -0.2) is 68.1 Å². The second-order valence-corrected chi connectivity index (χ2v) is 9.02. The molecule has 0 aliphatic carbocycles. The summed E-state index contributed by atoms with van der Waals surface area (Å²) in [5, 5.41) is 0. The van der Waals surface area contributed by atoms with Crippen molar-refractivity contribution < 1.29 is 9.53 Å². The molecule has 2 aliphatic rings. The lowest BCUT2D eigenvalue weighted by Crippen LogP contribution is -2.48. The van der Waals surface area contributed by atoms with Crippen LogP contribution in [0.1, 0.15) is 31.7 Å². The normalized spacial score (nSPS) is 19.7. The van der Waals surface area contributed by atoms with Crippen molar-refractivity contribution in [3.8, 4) is 5.75 Å². The monoisotopic (exact) mass is 435 g/mol. The van der Waals surface area contributed by atoms with Crippen molar-refractivity contribution >= 4 is 11.6 Å². The van der Waals surface area contributed by atoms with Gasteiger partial charge in [0.05, 0.1) is 12.3 Å². The summed E-state index contributed by atoms with van der Waals surface area (Å²) in [6, 6.07) is 19.0. The van der Waals surface area contributed by atoms with Gasteiger partial charge in [0, 0.05) is 52.2 Å². The summed E-state index contributed by atoms with van der Waals surface area (Å²) in [5.41, 5.74) is 2.57. The van der Waals surface area contributed by atoms with Crippen LogP contribution in [0.5, 0.6) is 5.75 Å². The zero-order chi connectivity index (χ0) is 22.2. The maximum atomic E-state index is 12.9. The molecular weight excluding hydrogens is 398 g/mol. The topological polar surface area (TPSA) is 36.0 Å². The predicted molar refractivity (Wildman–Crippen MR) is 130 cm³/mol. The summed E-state index contributed by atoms with van der Waals surface area (Å²) >= 11 is 0. The van der Waals surface area contributed by atoms with E-state index in [0.29, 0.717) is 24.9 Å². The number of nitrogens with zero attached hydrogens (tertiary/aromatic N) is 3. The Morgan fingerprint density at radius 2 is 1.72 bits per heavy atom. The number of benzene rings is 2. The fourth-order valence-electron chi connectivity index (χ4n) is 5.03. The molecule has 5 heteroatoms. The Labute approximate surface area is 193 Å². The van der Waals surface area contributed by atoms with E-state index < -0.39 is 0 Å². The second-order valence-electron chi connectivity index (χ2n) is 9.02. The minimum atomic E-state index is 0.326. The number of hydrogen-bond donors (Lipinski definition) is 0. The molecule has 0 saturated carbocycles. The number of likely N-dealkylation sites (tertiary alicyclic amines) is 1. The highest BCUT2D eigenvalue weighted by atomic mass is 16.5. The van der Waals surface area contributed by atoms with Crippen LogP contribution >= 0.6 is 0 Å². The zero-order valence-electron chi connectivity index (χ0n) is 19.4. The number of anilines is 1. The van der Waals surface area contributed by atoms with Gasteiger partial charge < -0.3 is 14.5 Å². The third-order valence-corrected chi connectivity index (χ3v) is 6.76. The van der Waals surface area contributed by atoms with E-state index in [1.807, 2.05) is 19.1 Å². The van der Waals surface area contributed by atoms with E-state index in [4.69, 9.17) is 4.74 Å². The molecule has 2 saturated heterocycles. The molecule has 2 aromatic carbocycles. The number of carbonyl (C=O) groups is 1. The van der Waals surface area contributed by atoms with Crippen LogP contribution in [0.25, 0.3) is 0 Å². The smallest absolute Gasteiger partial charge is 0.223 e. The molecule has 0 N–H and O–H groups in total. The van der Waals surface area contributed by atoms with Gasteiger partial charge in [-0.1, -0.05) is 42.5 Å². The molecule has 2 heterocycles. The van der Waals surface area contributed by atoms with Crippen molar-refractivity contribution in [3.05, 3.63) is 60.2 Å². The molecule has 4 rings (SSSR count). The van der Waals surface area contributed by atoms with Gasteiger partial charge in [-0.3, -0.25) is 9.69 Å². The molecule has 1 atom stereocenters. The van der Waals surface area contributed by atoms with Gasteiger partial charge in [0.15, 0.2) is 0 Å². The molecule has 32 heavy (non-hydrogen) atoms. The Balaban J connectivity index is 1.21. The van der Waals surface area contributed by atoms with Gasteiger partial charge in [0.2, 0.25) is 5.91 Å². The van der Waals surface area contributed by atoms with Gasteiger partial charge in [-0.2, -0.15) is 0 Å². The maximum absolute atomic E-state index is 12.9. The molecule has 0 aromatic heterocycles. The molecule has 1 amide bonds. The van der Waals surface area contributed by atoms with Crippen molar-refractivity contribution in [2.75, 3.05) is 57.3 Å². The highest BCUT2D eigenvalue weighted by Crippen LogP contribution is 2.29. The zero-order valence-corrected chi connectivity index (χ0v) is 19.4. The van der Waals surface area contributed by atoms with Crippen LogP contribution in [0, 0.1) is 5.92 Å². The lowest BCUT2D eigenvalue weighted by Gasteiger charge is -2.37. The first-order valence-corrected chi connectivity index (χ1v) is 12.2. The van der Waals surface area contributed by atoms with Gasteiger partial charge in [-0.15, -0.1) is 0 Å². The van der Waals surface area contributed by atoms with Gasteiger partial charge in [0.1, 0.15) is 5.75 Å². The van der Waals surface area contributed by atoms with Gasteiger partial charge in [-0.25, -0.2) is 0 Å². The minimum absolute atomic E-state index is 0.326. The van der Waals surface area contributed by atoms with Crippen LogP contribution in [-0.2, 0) is 11.2 Å². The molecule has 172 valence electrons. The Hall–Kier alpha value is -2.53. The van der Waals surface area contributed by atoms with Crippen molar-refractivity contribution in [1.29, 1.82) is 0 Å². The lowest BCUT2D eigenvalue weighted by molar-refractivity contribution is -0.133. The summed E-state index contributed by atoms with van der Waals surface area (Å²) in [6.45, 7) is 9.33. The first-order chi connectivity index (χ1) is 15.7. The number of hydrogen-bond acceptors (Lipinski definition) is 4. The standard InChI is InChI=1S/C27H37N3O2/c1-2-32-26-13-7-6-12-25(26)29-19-17-28(18-20-29)16-14-27(31)30-15-8-11-24(22-30)21-23-9-4-3-5-10-23/h3-7,9-10,12-13,24H,2,8,11,14-22H2,1H3.